The number of carbonyl (C=O) groups is 2. The lowest BCUT2D eigenvalue weighted by atomic mass is 9.94. The molecule has 10 heteroatoms. The highest BCUT2D eigenvalue weighted by molar-refractivity contribution is 7.17. The second-order valence-electron chi connectivity index (χ2n) is 11.3. The van der Waals surface area contributed by atoms with Gasteiger partial charge in [-0.15, -0.1) is 0 Å². The van der Waals surface area contributed by atoms with E-state index in [9.17, 15) is 9.59 Å². The number of furan rings is 1. The van der Waals surface area contributed by atoms with E-state index >= 15 is 0 Å². The van der Waals surface area contributed by atoms with Gasteiger partial charge in [-0.1, -0.05) is 31.0 Å². The summed E-state index contributed by atoms with van der Waals surface area (Å²) in [6, 6.07) is 5.52. The number of fused-ring (bicyclic) bond motifs is 2. The van der Waals surface area contributed by atoms with Crippen molar-refractivity contribution in [3.8, 4) is 0 Å². The van der Waals surface area contributed by atoms with Crippen molar-refractivity contribution in [3.05, 3.63) is 39.9 Å². The number of amides is 1. The van der Waals surface area contributed by atoms with Gasteiger partial charge in [0.05, 0.1) is 43.0 Å². The summed E-state index contributed by atoms with van der Waals surface area (Å²) < 4.78 is 17.3. The van der Waals surface area contributed by atoms with Crippen LogP contribution < -0.4 is 15.6 Å². The highest BCUT2D eigenvalue weighted by Gasteiger charge is 2.36. The molecule has 2 aliphatic rings. The predicted octanol–water partition coefficient (Wildman–Crippen LogP) is 3.73. The Kier molecular flexibility index (Phi) is 6.25. The molecule has 2 aromatic heterocycles. The van der Waals surface area contributed by atoms with Gasteiger partial charge in [-0.05, 0) is 44.0 Å². The van der Waals surface area contributed by atoms with E-state index < -0.39 is 8.07 Å². The summed E-state index contributed by atoms with van der Waals surface area (Å²) in [6.07, 6.45) is 1.40. The zero-order valence-corrected chi connectivity index (χ0v) is 23.5. The molecular formula is C26H33N3O5SSi. The Morgan fingerprint density at radius 1 is 1.33 bits per heavy atom. The van der Waals surface area contributed by atoms with E-state index in [-0.39, 0.29) is 23.5 Å². The summed E-state index contributed by atoms with van der Waals surface area (Å²) >= 11 is 1.46. The maximum Gasteiger partial charge on any atom is 0.337 e. The molecule has 1 fully saturated rings. The number of rotatable bonds is 5. The van der Waals surface area contributed by atoms with Gasteiger partial charge < -0.3 is 24.1 Å². The lowest BCUT2D eigenvalue weighted by molar-refractivity contribution is 0.0600. The monoisotopic (exact) mass is 527 g/mol. The highest BCUT2D eigenvalue weighted by atomic mass is 32.1. The van der Waals surface area contributed by atoms with Crippen LogP contribution in [0.25, 0.3) is 11.0 Å². The number of esters is 1. The minimum atomic E-state index is -1.84. The van der Waals surface area contributed by atoms with Gasteiger partial charge in [0.15, 0.2) is 5.13 Å². The Balaban J connectivity index is 1.54. The second kappa shape index (κ2) is 9.00. The van der Waals surface area contributed by atoms with Crippen LogP contribution in [0.4, 0.5) is 5.13 Å². The van der Waals surface area contributed by atoms with E-state index in [1.54, 1.807) is 6.07 Å². The first-order chi connectivity index (χ1) is 17.0. The number of aromatic nitrogens is 1. The molecule has 2 aliphatic heterocycles. The van der Waals surface area contributed by atoms with E-state index in [0.717, 1.165) is 32.7 Å². The van der Waals surface area contributed by atoms with Gasteiger partial charge in [-0.3, -0.25) is 4.79 Å². The minimum Gasteiger partial charge on any atom is -0.466 e. The maximum atomic E-state index is 12.7. The molecule has 0 unspecified atom stereocenters. The standard InChI is InChI=1S/C26H33N3O5SSi/c1-26(2)13-19-21(22(30)28-26)35-25(27-19)29-9-10-33-14-16(29)12-18-17-11-15(23(31)32-3)7-8-20(17)34-24(18)36(4,5)6/h7-8,11,16H,9-10,12-14H2,1-6H3,(H,28,30)/t16-/m0/s1. The Morgan fingerprint density at radius 3 is 2.83 bits per heavy atom. The van der Waals surface area contributed by atoms with Crippen LogP contribution in [0.3, 0.4) is 0 Å². The van der Waals surface area contributed by atoms with Gasteiger partial charge in [-0.25, -0.2) is 9.78 Å². The summed E-state index contributed by atoms with van der Waals surface area (Å²) in [7, 11) is -0.450. The molecule has 1 aromatic carbocycles. The first kappa shape index (κ1) is 25.0. The fourth-order valence-electron chi connectivity index (χ4n) is 5.10. The molecule has 1 amide bonds. The lowest BCUT2D eigenvalue weighted by Crippen LogP contribution is -2.49. The third-order valence-electron chi connectivity index (χ3n) is 6.76. The van der Waals surface area contributed by atoms with Gasteiger partial charge in [0.1, 0.15) is 18.5 Å². The fourth-order valence-corrected chi connectivity index (χ4v) is 7.73. The number of methoxy groups -OCH3 is 1. The largest absolute Gasteiger partial charge is 0.466 e. The number of ether oxygens (including phenoxy) is 2. The van der Waals surface area contributed by atoms with Gasteiger partial charge >= 0.3 is 5.97 Å². The number of carbonyl (C=O) groups excluding carboxylic acids is 2. The van der Waals surface area contributed by atoms with E-state index in [1.165, 1.54) is 18.4 Å². The molecule has 0 bridgehead atoms. The summed E-state index contributed by atoms with van der Waals surface area (Å²) in [6.45, 7) is 12.7. The number of hydrogen-bond acceptors (Lipinski definition) is 8. The first-order valence-electron chi connectivity index (χ1n) is 12.3. The van der Waals surface area contributed by atoms with E-state index in [4.69, 9.17) is 18.9 Å². The fraction of sp³-hybridized carbons (Fsp3) is 0.500. The van der Waals surface area contributed by atoms with Crippen molar-refractivity contribution in [1.82, 2.24) is 10.3 Å². The topological polar surface area (TPSA) is 93.9 Å². The van der Waals surface area contributed by atoms with Crippen molar-refractivity contribution < 1.29 is 23.5 Å². The molecule has 0 radical (unpaired) electrons. The number of hydrogen-bond donors (Lipinski definition) is 1. The number of morpholine rings is 1. The molecule has 3 aromatic rings. The molecule has 4 heterocycles. The normalized spacial score (nSPS) is 19.8. The molecule has 0 aliphatic carbocycles. The number of nitrogens with zero attached hydrogens (tertiary/aromatic N) is 2. The SMILES string of the molecule is COC(=O)c1ccc2oc([Si](C)(C)C)c(C[C@H]3COCCN3c3nc4c(s3)C(=O)NC(C)(C)C4)c2c1. The van der Waals surface area contributed by atoms with Crippen LogP contribution in [0.2, 0.25) is 19.6 Å². The van der Waals surface area contributed by atoms with Gasteiger partial charge in [0.2, 0.25) is 0 Å². The average molecular weight is 528 g/mol. The number of thiazole rings is 1. The molecule has 36 heavy (non-hydrogen) atoms. The summed E-state index contributed by atoms with van der Waals surface area (Å²) in [5, 5.41) is 5.92. The maximum absolute atomic E-state index is 12.7. The molecule has 1 atom stereocenters. The van der Waals surface area contributed by atoms with Crippen LogP contribution in [0.15, 0.2) is 22.6 Å². The highest BCUT2D eigenvalue weighted by Crippen LogP contribution is 2.35. The van der Waals surface area contributed by atoms with Crippen molar-refractivity contribution in [2.45, 2.75) is 57.9 Å². The van der Waals surface area contributed by atoms with Crippen LogP contribution in [-0.2, 0) is 22.3 Å². The molecule has 8 nitrogen and oxygen atoms in total. The zero-order valence-electron chi connectivity index (χ0n) is 21.7. The van der Waals surface area contributed by atoms with Crippen molar-refractivity contribution in [1.29, 1.82) is 0 Å². The van der Waals surface area contributed by atoms with E-state index in [2.05, 4.69) is 29.9 Å². The molecular weight excluding hydrogens is 494 g/mol. The predicted molar refractivity (Wildman–Crippen MR) is 144 cm³/mol. The smallest absolute Gasteiger partial charge is 0.337 e. The van der Waals surface area contributed by atoms with Crippen molar-refractivity contribution in [2.24, 2.45) is 0 Å². The molecule has 5 rings (SSSR count). The Labute approximate surface area is 216 Å². The molecule has 1 saturated heterocycles. The molecule has 192 valence electrons. The average Bonchev–Trinajstić information content (AvgIpc) is 3.39. The minimum absolute atomic E-state index is 0.0279. The van der Waals surface area contributed by atoms with Crippen LogP contribution >= 0.6 is 11.3 Å². The van der Waals surface area contributed by atoms with E-state index in [0.29, 0.717) is 43.0 Å². The number of benzene rings is 1. The van der Waals surface area contributed by atoms with Crippen LogP contribution in [0, 0.1) is 0 Å². The number of nitrogens with one attached hydrogen (secondary N) is 1. The summed E-state index contributed by atoms with van der Waals surface area (Å²) in [5.74, 6) is -0.414. The Bertz CT molecular complexity index is 1340. The molecule has 1 N–H and O–H groups in total. The molecule has 0 saturated carbocycles. The Morgan fingerprint density at radius 2 is 2.11 bits per heavy atom. The van der Waals surface area contributed by atoms with Crippen LogP contribution in [-0.4, -0.2) is 63.4 Å². The van der Waals surface area contributed by atoms with Crippen LogP contribution in [0.5, 0.6) is 0 Å². The van der Waals surface area contributed by atoms with Gasteiger partial charge in [0.25, 0.3) is 5.91 Å². The third kappa shape index (κ3) is 4.57. The Hall–Kier alpha value is -2.69. The first-order valence-corrected chi connectivity index (χ1v) is 16.6. The summed E-state index contributed by atoms with van der Waals surface area (Å²) in [5.41, 5.74) is 2.97. The van der Waals surface area contributed by atoms with Gasteiger partial charge in [0, 0.05) is 23.9 Å². The van der Waals surface area contributed by atoms with Crippen molar-refractivity contribution >= 4 is 52.8 Å². The van der Waals surface area contributed by atoms with Crippen molar-refractivity contribution in [2.75, 3.05) is 31.8 Å². The van der Waals surface area contributed by atoms with Gasteiger partial charge in [-0.2, -0.15) is 0 Å². The summed E-state index contributed by atoms with van der Waals surface area (Å²) in [4.78, 5) is 32.9. The van der Waals surface area contributed by atoms with E-state index in [1.807, 2.05) is 26.0 Å². The zero-order chi connectivity index (χ0) is 25.8. The number of anilines is 1. The lowest BCUT2D eigenvalue weighted by Gasteiger charge is -2.36. The molecule has 0 spiro atoms. The second-order valence-corrected chi connectivity index (χ2v) is 17.2. The van der Waals surface area contributed by atoms with Crippen molar-refractivity contribution in [3.63, 3.8) is 0 Å². The van der Waals surface area contributed by atoms with Crippen LogP contribution in [0.1, 0.15) is 45.1 Å². The quantitative estimate of drug-likeness (QED) is 0.399. The third-order valence-corrected chi connectivity index (χ3v) is 9.66.